The molecule has 0 spiro atoms. The Kier molecular flexibility index (Phi) is 5.50. The predicted octanol–water partition coefficient (Wildman–Crippen LogP) is 3.89. The second-order valence-corrected chi connectivity index (χ2v) is 6.79. The number of aromatic hydroxyl groups is 1. The number of carbonyl (C=O) groups is 2. The van der Waals surface area contributed by atoms with Gasteiger partial charge in [-0.1, -0.05) is 6.07 Å². The van der Waals surface area contributed by atoms with Crippen molar-refractivity contribution in [1.29, 1.82) is 0 Å². The van der Waals surface area contributed by atoms with Crippen molar-refractivity contribution in [3.05, 3.63) is 52.1 Å². The zero-order chi connectivity index (χ0) is 21.3. The number of aryl methyl sites for hydroxylation is 2. The largest absolute Gasteiger partial charge is 0.504 e. The highest BCUT2D eigenvalue weighted by Gasteiger charge is 2.25. The van der Waals surface area contributed by atoms with Crippen molar-refractivity contribution in [1.82, 2.24) is 0 Å². The lowest BCUT2D eigenvalue weighted by Crippen LogP contribution is -2.16. The van der Waals surface area contributed by atoms with Crippen molar-refractivity contribution in [2.75, 3.05) is 26.1 Å². The van der Waals surface area contributed by atoms with Gasteiger partial charge in [0, 0.05) is 10.9 Å². The summed E-state index contributed by atoms with van der Waals surface area (Å²) in [6.07, 6.45) is 0. The molecule has 7 heteroatoms. The third-order valence-electron chi connectivity index (χ3n) is 4.98. The zero-order valence-electron chi connectivity index (χ0n) is 17.0. The van der Waals surface area contributed by atoms with Crippen LogP contribution < -0.4 is 10.1 Å². The Morgan fingerprint density at radius 2 is 1.83 bits per heavy atom. The van der Waals surface area contributed by atoms with Crippen molar-refractivity contribution in [3.63, 3.8) is 0 Å². The standard InChI is InChI=1S/C22H23NO6/c1-11-6-7-15-18(20(26)14-8-12(2)13(3)16(9-14)27-4)22(23-10-17(24)28-5)29-21(15)19(11)25/h6-9,23,25H,10H2,1-5H3. The summed E-state index contributed by atoms with van der Waals surface area (Å²) in [5.74, 6) is -0.199. The highest BCUT2D eigenvalue weighted by atomic mass is 16.5. The Hall–Kier alpha value is -3.48. The molecule has 152 valence electrons. The van der Waals surface area contributed by atoms with E-state index in [0.29, 0.717) is 22.3 Å². The van der Waals surface area contributed by atoms with E-state index in [1.165, 1.54) is 7.11 Å². The fourth-order valence-corrected chi connectivity index (χ4v) is 3.13. The molecule has 0 aliphatic carbocycles. The van der Waals surface area contributed by atoms with Gasteiger partial charge in [-0.05, 0) is 55.7 Å². The predicted molar refractivity (Wildman–Crippen MR) is 109 cm³/mol. The lowest BCUT2D eigenvalue weighted by molar-refractivity contribution is -0.138. The number of rotatable bonds is 6. The van der Waals surface area contributed by atoms with E-state index in [1.54, 1.807) is 38.3 Å². The summed E-state index contributed by atoms with van der Waals surface area (Å²) in [6, 6.07) is 6.86. The highest BCUT2D eigenvalue weighted by molar-refractivity contribution is 6.20. The Balaban J connectivity index is 2.18. The number of anilines is 1. The van der Waals surface area contributed by atoms with Crippen LogP contribution >= 0.6 is 0 Å². The lowest BCUT2D eigenvalue weighted by atomic mass is 9.97. The van der Waals surface area contributed by atoms with Gasteiger partial charge in [0.1, 0.15) is 12.3 Å². The van der Waals surface area contributed by atoms with Gasteiger partial charge in [-0.3, -0.25) is 9.59 Å². The molecule has 2 aromatic carbocycles. The van der Waals surface area contributed by atoms with Crippen LogP contribution in [0.4, 0.5) is 5.88 Å². The molecule has 1 aromatic heterocycles. The summed E-state index contributed by atoms with van der Waals surface area (Å²) in [5, 5.41) is 13.6. The second-order valence-electron chi connectivity index (χ2n) is 6.79. The van der Waals surface area contributed by atoms with E-state index < -0.39 is 5.97 Å². The Morgan fingerprint density at radius 1 is 1.10 bits per heavy atom. The van der Waals surface area contributed by atoms with E-state index >= 15 is 0 Å². The number of furan rings is 1. The maximum absolute atomic E-state index is 13.4. The number of nitrogens with one attached hydrogen (secondary N) is 1. The molecule has 0 amide bonds. The minimum absolute atomic E-state index is 0.0552. The van der Waals surface area contributed by atoms with Gasteiger partial charge in [-0.25, -0.2) is 0 Å². The Bertz CT molecular complexity index is 1110. The van der Waals surface area contributed by atoms with Crippen LogP contribution in [0, 0.1) is 20.8 Å². The monoisotopic (exact) mass is 397 g/mol. The molecular formula is C22H23NO6. The van der Waals surface area contributed by atoms with Gasteiger partial charge < -0.3 is 24.3 Å². The van der Waals surface area contributed by atoms with E-state index in [4.69, 9.17) is 9.15 Å². The average molecular weight is 397 g/mol. The van der Waals surface area contributed by atoms with E-state index in [0.717, 1.165) is 11.1 Å². The minimum Gasteiger partial charge on any atom is -0.504 e. The fraction of sp³-hybridized carbons (Fsp3) is 0.273. The molecule has 3 aromatic rings. The topological polar surface area (TPSA) is 98.0 Å². The number of fused-ring (bicyclic) bond motifs is 1. The number of phenols is 1. The minimum atomic E-state index is -0.517. The van der Waals surface area contributed by atoms with Crippen LogP contribution in [0.15, 0.2) is 28.7 Å². The van der Waals surface area contributed by atoms with Crippen molar-refractivity contribution >= 4 is 28.6 Å². The van der Waals surface area contributed by atoms with Crippen LogP contribution in [0.25, 0.3) is 11.0 Å². The van der Waals surface area contributed by atoms with Crippen molar-refractivity contribution in [3.8, 4) is 11.5 Å². The number of methoxy groups -OCH3 is 2. The molecule has 0 aliphatic heterocycles. The first-order valence-corrected chi connectivity index (χ1v) is 9.04. The van der Waals surface area contributed by atoms with Crippen LogP contribution in [0.5, 0.6) is 11.5 Å². The molecule has 0 saturated carbocycles. The van der Waals surface area contributed by atoms with Gasteiger partial charge in [0.2, 0.25) is 5.88 Å². The summed E-state index contributed by atoms with van der Waals surface area (Å²) in [5.41, 5.74) is 3.27. The molecule has 29 heavy (non-hydrogen) atoms. The van der Waals surface area contributed by atoms with Crippen molar-refractivity contribution < 1.29 is 28.6 Å². The molecule has 0 bridgehead atoms. The normalized spacial score (nSPS) is 10.8. The molecule has 7 nitrogen and oxygen atoms in total. The molecular weight excluding hydrogens is 374 g/mol. The van der Waals surface area contributed by atoms with Gasteiger partial charge in [-0.2, -0.15) is 0 Å². The van der Waals surface area contributed by atoms with Gasteiger partial charge in [0.15, 0.2) is 17.1 Å². The third kappa shape index (κ3) is 3.63. The number of benzene rings is 2. The molecule has 0 aliphatic rings. The van der Waals surface area contributed by atoms with Crippen molar-refractivity contribution in [2.45, 2.75) is 20.8 Å². The Labute approximate surface area is 168 Å². The zero-order valence-corrected chi connectivity index (χ0v) is 17.0. The SMILES string of the molecule is COC(=O)CNc1oc2c(O)c(C)ccc2c1C(=O)c1cc(C)c(C)c(OC)c1. The lowest BCUT2D eigenvalue weighted by Gasteiger charge is -2.11. The maximum atomic E-state index is 13.4. The average Bonchev–Trinajstić information content (AvgIpc) is 3.09. The fourth-order valence-electron chi connectivity index (χ4n) is 3.13. The van der Waals surface area contributed by atoms with Gasteiger partial charge >= 0.3 is 5.97 Å². The van der Waals surface area contributed by atoms with E-state index in [1.807, 2.05) is 13.8 Å². The number of esters is 1. The molecule has 1 heterocycles. The van der Waals surface area contributed by atoms with Crippen LogP contribution in [0.3, 0.4) is 0 Å². The second kappa shape index (κ2) is 7.87. The Morgan fingerprint density at radius 3 is 2.48 bits per heavy atom. The number of ether oxygens (including phenoxy) is 2. The van der Waals surface area contributed by atoms with Gasteiger partial charge in [0.05, 0.1) is 19.8 Å². The summed E-state index contributed by atoms with van der Waals surface area (Å²) in [4.78, 5) is 25.0. The van der Waals surface area contributed by atoms with Crippen LogP contribution in [-0.2, 0) is 9.53 Å². The quantitative estimate of drug-likeness (QED) is 0.481. The summed E-state index contributed by atoms with van der Waals surface area (Å²) in [6.45, 7) is 5.36. The molecule has 0 saturated heterocycles. The number of phenolic OH excluding ortho intramolecular Hbond substituents is 1. The summed E-state index contributed by atoms with van der Waals surface area (Å²) < 4.78 is 15.8. The smallest absolute Gasteiger partial charge is 0.325 e. The number of hydrogen-bond acceptors (Lipinski definition) is 7. The first-order valence-electron chi connectivity index (χ1n) is 9.04. The number of carbonyl (C=O) groups excluding carboxylic acids is 2. The maximum Gasteiger partial charge on any atom is 0.325 e. The van der Waals surface area contributed by atoms with Gasteiger partial charge in [0.25, 0.3) is 0 Å². The third-order valence-corrected chi connectivity index (χ3v) is 4.98. The molecule has 0 unspecified atom stereocenters. The van der Waals surface area contributed by atoms with Crippen LogP contribution in [-0.4, -0.2) is 37.6 Å². The summed E-state index contributed by atoms with van der Waals surface area (Å²) >= 11 is 0. The molecule has 2 N–H and O–H groups in total. The van der Waals surface area contributed by atoms with Crippen molar-refractivity contribution in [2.24, 2.45) is 0 Å². The highest BCUT2D eigenvalue weighted by Crippen LogP contribution is 2.38. The van der Waals surface area contributed by atoms with Crippen LogP contribution in [0.1, 0.15) is 32.6 Å². The molecule has 3 rings (SSSR count). The molecule has 0 radical (unpaired) electrons. The number of hydrogen-bond donors (Lipinski definition) is 2. The molecule has 0 fully saturated rings. The van der Waals surface area contributed by atoms with Gasteiger partial charge in [-0.15, -0.1) is 0 Å². The first-order chi connectivity index (χ1) is 13.8. The number of ketones is 1. The van der Waals surface area contributed by atoms with E-state index in [9.17, 15) is 14.7 Å². The van der Waals surface area contributed by atoms with E-state index in [2.05, 4.69) is 10.1 Å². The van der Waals surface area contributed by atoms with E-state index in [-0.39, 0.29) is 35.1 Å². The molecule has 0 atom stereocenters. The first kappa shape index (κ1) is 20.3. The van der Waals surface area contributed by atoms with Crippen LogP contribution in [0.2, 0.25) is 0 Å². The summed E-state index contributed by atoms with van der Waals surface area (Å²) in [7, 11) is 2.82.